The van der Waals surface area contributed by atoms with Crippen LogP contribution in [0.4, 0.5) is 14.5 Å². The third-order valence-corrected chi connectivity index (χ3v) is 6.80. The number of hydrogen-bond acceptors (Lipinski definition) is 4. The van der Waals surface area contributed by atoms with Gasteiger partial charge < -0.3 is 5.32 Å². The van der Waals surface area contributed by atoms with Gasteiger partial charge in [-0.3, -0.25) is 4.79 Å². The minimum absolute atomic E-state index is 0.405. The molecule has 0 radical (unpaired) electrons. The molecule has 2 rings (SSSR count). The van der Waals surface area contributed by atoms with Gasteiger partial charge in [0.1, 0.15) is 5.03 Å². The van der Waals surface area contributed by atoms with E-state index in [2.05, 4.69) is 17.2 Å². The smallest absolute Gasteiger partial charge is 0.318 e. The highest BCUT2D eigenvalue weighted by atomic mass is 32.2. The van der Waals surface area contributed by atoms with Crippen molar-refractivity contribution in [1.82, 2.24) is 4.98 Å². The van der Waals surface area contributed by atoms with Crippen molar-refractivity contribution in [3.8, 4) is 0 Å². The number of amides is 1. The third-order valence-electron chi connectivity index (χ3n) is 5.36. The number of halogens is 2. The summed E-state index contributed by atoms with van der Waals surface area (Å²) in [4.78, 5) is 17.6. The number of hydrogen-bond donors (Lipinski definition) is 1. The first-order valence-corrected chi connectivity index (χ1v) is 12.1. The summed E-state index contributed by atoms with van der Waals surface area (Å²) in [6, 6.07) is 1.82. The summed E-state index contributed by atoms with van der Waals surface area (Å²) in [6.45, 7) is 4.01. The molecule has 1 N–H and O–H groups in total. The van der Waals surface area contributed by atoms with E-state index in [0.717, 1.165) is 42.7 Å². The molecule has 1 saturated carbocycles. The second kappa shape index (κ2) is 10.1. The summed E-state index contributed by atoms with van der Waals surface area (Å²) in [6.07, 6.45) is 9.54. The van der Waals surface area contributed by atoms with Crippen molar-refractivity contribution >= 4 is 35.1 Å². The Hall–Kier alpha value is -0.820. The predicted molar refractivity (Wildman–Crippen MR) is 111 cm³/mol. The number of alkyl halides is 2. The zero-order valence-corrected chi connectivity index (χ0v) is 18.2. The van der Waals surface area contributed by atoms with Crippen LogP contribution in [-0.4, -0.2) is 29.3 Å². The summed E-state index contributed by atoms with van der Waals surface area (Å²) >= 11 is 2.77. The maximum Gasteiger partial charge on any atom is 0.327 e. The number of aromatic nitrogens is 1. The van der Waals surface area contributed by atoms with Gasteiger partial charge in [-0.25, -0.2) is 4.98 Å². The number of aryl methyl sites for hydroxylation is 1. The van der Waals surface area contributed by atoms with Crippen LogP contribution in [0.1, 0.15) is 57.6 Å². The second-order valence-corrected chi connectivity index (χ2v) is 8.93. The predicted octanol–water partition coefficient (Wildman–Crippen LogP) is 6.40. The van der Waals surface area contributed by atoms with Crippen molar-refractivity contribution in [1.29, 1.82) is 0 Å². The van der Waals surface area contributed by atoms with Gasteiger partial charge in [-0.1, -0.05) is 26.2 Å². The van der Waals surface area contributed by atoms with Crippen LogP contribution in [0, 0.1) is 18.8 Å². The lowest BCUT2D eigenvalue weighted by atomic mass is 9.77. The first-order valence-electron chi connectivity index (χ1n) is 9.62. The van der Waals surface area contributed by atoms with Crippen molar-refractivity contribution in [3.63, 3.8) is 0 Å². The van der Waals surface area contributed by atoms with Gasteiger partial charge in [0.2, 0.25) is 0 Å². The van der Waals surface area contributed by atoms with E-state index in [-0.39, 0.29) is 0 Å². The molecule has 0 bridgehead atoms. The summed E-state index contributed by atoms with van der Waals surface area (Å²) < 4.78 is 29.7. The Kier molecular flexibility index (Phi) is 8.40. The highest BCUT2D eigenvalue weighted by Gasteiger charge is 2.48. The molecule has 1 fully saturated rings. The fraction of sp³-hybridized carbons (Fsp3) is 0.700. The van der Waals surface area contributed by atoms with E-state index < -0.39 is 17.7 Å². The number of carbonyl (C=O) groups excluding carboxylic acids is 1. The molecule has 1 heterocycles. The fourth-order valence-corrected chi connectivity index (χ4v) is 5.03. The van der Waals surface area contributed by atoms with Gasteiger partial charge in [0.25, 0.3) is 5.91 Å². The molecule has 0 saturated heterocycles. The largest absolute Gasteiger partial charge is 0.327 e. The molecule has 1 aliphatic carbocycles. The first kappa shape index (κ1) is 22.5. The molecule has 1 amide bonds. The summed E-state index contributed by atoms with van der Waals surface area (Å²) in [5, 5.41) is 3.07. The van der Waals surface area contributed by atoms with Crippen LogP contribution in [0.3, 0.4) is 0 Å². The van der Waals surface area contributed by atoms with Crippen molar-refractivity contribution in [2.24, 2.45) is 11.8 Å². The highest BCUT2D eigenvalue weighted by Crippen LogP contribution is 2.42. The van der Waals surface area contributed by atoms with Crippen molar-refractivity contribution < 1.29 is 13.6 Å². The van der Waals surface area contributed by atoms with Crippen LogP contribution in [0.15, 0.2) is 16.0 Å². The molecule has 1 aromatic heterocycles. The van der Waals surface area contributed by atoms with E-state index in [1.165, 1.54) is 23.5 Å². The molecular formula is C20H30F2N2OS2. The molecule has 0 aliphatic heterocycles. The molecule has 1 aliphatic rings. The standard InChI is InChI=1S/C20H30F2N2OS2/c1-5-6-7-14-8-10-15(11-9-14)20(21,22)19(25)24-17-16(26-3)12-13(2)23-18(17)27-4/h12,14-15H,5-11H2,1-4H3,(H,24,25). The number of pyridine rings is 1. The topological polar surface area (TPSA) is 42.0 Å². The number of nitrogens with one attached hydrogen (secondary N) is 1. The van der Waals surface area contributed by atoms with Crippen LogP contribution in [-0.2, 0) is 4.79 Å². The molecule has 3 nitrogen and oxygen atoms in total. The lowest BCUT2D eigenvalue weighted by Gasteiger charge is -2.33. The Morgan fingerprint density at radius 3 is 2.48 bits per heavy atom. The molecule has 0 aromatic carbocycles. The number of unbranched alkanes of at least 4 members (excludes halogenated alkanes) is 1. The van der Waals surface area contributed by atoms with Crippen LogP contribution in [0.5, 0.6) is 0 Å². The quantitative estimate of drug-likeness (QED) is 0.498. The minimum Gasteiger partial charge on any atom is -0.318 e. The maximum absolute atomic E-state index is 14.9. The summed E-state index contributed by atoms with van der Waals surface area (Å²) in [5.74, 6) is -4.89. The molecule has 0 atom stereocenters. The van der Waals surface area contributed by atoms with Gasteiger partial charge in [-0.05, 0) is 57.1 Å². The number of thioether (sulfide) groups is 2. The molecule has 0 spiro atoms. The number of nitrogens with zero attached hydrogens (tertiary/aromatic N) is 1. The summed E-state index contributed by atoms with van der Waals surface area (Å²) in [7, 11) is 0. The third kappa shape index (κ3) is 5.59. The normalized spacial score (nSPS) is 20.5. The number of rotatable bonds is 8. The van der Waals surface area contributed by atoms with Crippen molar-refractivity contribution in [2.75, 3.05) is 17.8 Å². The monoisotopic (exact) mass is 416 g/mol. The van der Waals surface area contributed by atoms with Crippen LogP contribution in [0.25, 0.3) is 0 Å². The Balaban J connectivity index is 2.09. The van der Waals surface area contributed by atoms with Crippen molar-refractivity contribution in [2.45, 2.75) is 74.6 Å². The molecule has 1 aromatic rings. The number of carbonyl (C=O) groups is 1. The zero-order valence-electron chi connectivity index (χ0n) is 16.6. The van der Waals surface area contributed by atoms with E-state index in [0.29, 0.717) is 29.5 Å². The van der Waals surface area contributed by atoms with Crippen LogP contribution >= 0.6 is 23.5 Å². The van der Waals surface area contributed by atoms with Crippen LogP contribution in [0.2, 0.25) is 0 Å². The SMILES string of the molecule is CCCCC1CCC(C(F)(F)C(=O)Nc2c(SC)cc(C)nc2SC)CC1. The fourth-order valence-electron chi connectivity index (χ4n) is 3.73. The molecule has 152 valence electrons. The molecule has 0 unspecified atom stereocenters. The van der Waals surface area contributed by atoms with Gasteiger partial charge in [0.05, 0.1) is 5.69 Å². The second-order valence-electron chi connectivity index (χ2n) is 7.29. The van der Waals surface area contributed by atoms with Gasteiger partial charge in [-0.2, -0.15) is 8.78 Å². The molecule has 7 heteroatoms. The van der Waals surface area contributed by atoms with E-state index in [1.807, 2.05) is 25.5 Å². The van der Waals surface area contributed by atoms with Gasteiger partial charge in [0, 0.05) is 16.5 Å². The maximum atomic E-state index is 14.9. The van der Waals surface area contributed by atoms with Crippen LogP contribution < -0.4 is 5.32 Å². The Bertz CT molecular complexity index is 622. The highest BCUT2D eigenvalue weighted by molar-refractivity contribution is 7.99. The Labute approximate surface area is 169 Å². The van der Waals surface area contributed by atoms with E-state index in [1.54, 1.807) is 0 Å². The van der Waals surface area contributed by atoms with Gasteiger partial charge in [-0.15, -0.1) is 23.5 Å². The van der Waals surface area contributed by atoms with Gasteiger partial charge >= 0.3 is 5.92 Å². The lowest BCUT2D eigenvalue weighted by Crippen LogP contribution is -2.43. The van der Waals surface area contributed by atoms with Gasteiger partial charge in [0.15, 0.2) is 0 Å². The number of anilines is 1. The van der Waals surface area contributed by atoms with E-state index in [9.17, 15) is 13.6 Å². The van der Waals surface area contributed by atoms with E-state index >= 15 is 0 Å². The molecule has 27 heavy (non-hydrogen) atoms. The van der Waals surface area contributed by atoms with Crippen molar-refractivity contribution in [3.05, 3.63) is 11.8 Å². The Morgan fingerprint density at radius 2 is 1.93 bits per heavy atom. The minimum atomic E-state index is -3.36. The molecular weight excluding hydrogens is 386 g/mol. The first-order chi connectivity index (χ1) is 12.8. The zero-order chi connectivity index (χ0) is 20.0. The Morgan fingerprint density at radius 1 is 1.26 bits per heavy atom. The average Bonchev–Trinajstić information content (AvgIpc) is 2.67. The van der Waals surface area contributed by atoms with E-state index in [4.69, 9.17) is 0 Å². The summed E-state index contributed by atoms with van der Waals surface area (Å²) in [5.41, 5.74) is 1.21. The lowest BCUT2D eigenvalue weighted by molar-refractivity contribution is -0.150. The average molecular weight is 417 g/mol.